The van der Waals surface area contributed by atoms with Gasteiger partial charge in [0.1, 0.15) is 0 Å². The van der Waals surface area contributed by atoms with Crippen LogP contribution < -0.4 is 0 Å². The second kappa shape index (κ2) is 9.97. The fraction of sp³-hybridized carbons (Fsp3) is 1.00. The first-order chi connectivity index (χ1) is 3.77. The van der Waals surface area contributed by atoms with E-state index in [1.165, 1.54) is 6.92 Å². The van der Waals surface area contributed by atoms with E-state index in [1.54, 1.807) is 6.92 Å². The summed E-state index contributed by atoms with van der Waals surface area (Å²) in [4.78, 5) is 0. The van der Waals surface area contributed by atoms with Crippen molar-refractivity contribution in [3.05, 3.63) is 0 Å². The van der Waals surface area contributed by atoms with Crippen LogP contribution in [0.25, 0.3) is 0 Å². The van der Waals surface area contributed by atoms with Crippen molar-refractivity contribution in [2.45, 2.75) is 20.2 Å². The van der Waals surface area contributed by atoms with Gasteiger partial charge >= 0.3 is 0 Å². The zero-order valence-corrected chi connectivity index (χ0v) is 5.52. The molecule has 3 heteroatoms. The van der Waals surface area contributed by atoms with Gasteiger partial charge < -0.3 is 9.84 Å². The van der Waals surface area contributed by atoms with E-state index in [-0.39, 0.29) is 0 Å². The van der Waals surface area contributed by atoms with Crippen molar-refractivity contribution in [3.63, 3.8) is 0 Å². The molecule has 0 radical (unpaired) electrons. The Hall–Kier alpha value is -0.150. The van der Waals surface area contributed by atoms with E-state index in [0.717, 1.165) is 7.11 Å². The van der Waals surface area contributed by atoms with Crippen molar-refractivity contribution in [1.82, 2.24) is 0 Å². The van der Waals surface area contributed by atoms with Crippen LogP contribution in [0.3, 0.4) is 0 Å². The summed E-state index contributed by atoms with van der Waals surface area (Å²) in [6.45, 7) is 3.58. The smallest absolute Gasteiger partial charge is 0.195 e. The Morgan fingerprint density at radius 2 is 2.00 bits per heavy atom. The largest absolute Gasteiger partial charge is 0.400 e. The first kappa shape index (κ1) is 10.8. The molecule has 1 unspecified atom stereocenters. The fourth-order valence-corrected chi connectivity index (χ4v) is 0.230. The van der Waals surface area contributed by atoms with Gasteiger partial charge in [0.25, 0.3) is 0 Å². The van der Waals surface area contributed by atoms with Gasteiger partial charge in [0.2, 0.25) is 0 Å². The molecule has 52 valence electrons. The minimum atomic E-state index is -1.10. The summed E-state index contributed by atoms with van der Waals surface area (Å²) in [5.41, 5.74) is 0. The highest BCUT2D eigenvalue weighted by molar-refractivity contribution is 4.18. The molecule has 8 heavy (non-hydrogen) atoms. The van der Waals surface area contributed by atoms with Crippen LogP contribution in [0.15, 0.2) is 0 Å². The number of aliphatic hydroxyl groups is 1. The van der Waals surface area contributed by atoms with Crippen molar-refractivity contribution < 1.29 is 14.2 Å². The van der Waals surface area contributed by atoms with Gasteiger partial charge in [0, 0.05) is 13.7 Å². The van der Waals surface area contributed by atoms with E-state index < -0.39 is 6.36 Å². The Labute approximate surface area is 49.3 Å². The van der Waals surface area contributed by atoms with Crippen LogP contribution in [-0.4, -0.2) is 25.2 Å². The van der Waals surface area contributed by atoms with Crippen LogP contribution >= 0.6 is 0 Å². The van der Waals surface area contributed by atoms with E-state index in [9.17, 15) is 4.39 Å². The number of rotatable bonds is 2. The summed E-state index contributed by atoms with van der Waals surface area (Å²) in [6.07, 6.45) is -1.10. The molecule has 2 nitrogen and oxygen atoms in total. The number of hydrogen-bond donors (Lipinski definition) is 1. The minimum absolute atomic E-state index is 0.456. The molecule has 0 spiro atoms. The first-order valence-electron chi connectivity index (χ1n) is 2.47. The summed E-state index contributed by atoms with van der Waals surface area (Å²) in [6, 6.07) is 0. The summed E-state index contributed by atoms with van der Waals surface area (Å²) >= 11 is 0. The lowest BCUT2D eigenvalue weighted by Gasteiger charge is -1.96. The average Bonchev–Trinajstić information content (AvgIpc) is 1.72. The maximum atomic E-state index is 11.5. The van der Waals surface area contributed by atoms with Gasteiger partial charge in [-0.3, -0.25) is 0 Å². The maximum Gasteiger partial charge on any atom is 0.195 e. The van der Waals surface area contributed by atoms with Crippen LogP contribution in [0.5, 0.6) is 0 Å². The molecule has 0 bridgehead atoms. The molecule has 0 heterocycles. The molecule has 1 atom stereocenters. The van der Waals surface area contributed by atoms with Crippen LogP contribution in [0.1, 0.15) is 13.8 Å². The molecule has 0 aliphatic heterocycles. The number of aliphatic hydroxyl groups excluding tert-OH is 1. The molecule has 0 aliphatic carbocycles. The Morgan fingerprint density at radius 3 is 2.00 bits per heavy atom. The van der Waals surface area contributed by atoms with Crippen LogP contribution in [0, 0.1) is 0 Å². The van der Waals surface area contributed by atoms with Crippen molar-refractivity contribution in [3.8, 4) is 0 Å². The molecular weight excluding hydrogens is 111 g/mol. The van der Waals surface area contributed by atoms with E-state index in [1.807, 2.05) is 0 Å². The summed E-state index contributed by atoms with van der Waals surface area (Å²) in [5, 5.41) is 7.00. The van der Waals surface area contributed by atoms with Crippen LogP contribution in [0.2, 0.25) is 0 Å². The second-order valence-corrected chi connectivity index (χ2v) is 0.998. The lowest BCUT2D eigenvalue weighted by Crippen LogP contribution is -1.97. The van der Waals surface area contributed by atoms with Gasteiger partial charge in [-0.1, -0.05) is 0 Å². The molecule has 0 fully saturated rings. The predicted molar refractivity (Wildman–Crippen MR) is 30.3 cm³/mol. The topological polar surface area (TPSA) is 29.5 Å². The molecular formula is C5H13FO2. The van der Waals surface area contributed by atoms with Crippen molar-refractivity contribution in [1.29, 1.82) is 0 Å². The van der Waals surface area contributed by atoms with Gasteiger partial charge in [0.15, 0.2) is 6.36 Å². The number of ether oxygens (including phenoxy) is 1. The standard InChI is InChI=1S/C4H9FO.CH4O/c1-3-6-4(2)5;1-2/h4H,3H2,1-2H3;2H,1H3. The highest BCUT2D eigenvalue weighted by atomic mass is 19.1. The van der Waals surface area contributed by atoms with E-state index in [4.69, 9.17) is 5.11 Å². The van der Waals surface area contributed by atoms with Gasteiger partial charge in [-0.05, 0) is 13.8 Å². The zero-order valence-electron chi connectivity index (χ0n) is 5.52. The molecule has 0 aromatic rings. The number of hydrogen-bond acceptors (Lipinski definition) is 2. The first-order valence-corrected chi connectivity index (χ1v) is 2.47. The van der Waals surface area contributed by atoms with Crippen LogP contribution in [-0.2, 0) is 4.74 Å². The van der Waals surface area contributed by atoms with E-state index in [2.05, 4.69) is 4.74 Å². The quantitative estimate of drug-likeness (QED) is 0.593. The average molecular weight is 124 g/mol. The summed E-state index contributed by atoms with van der Waals surface area (Å²) < 4.78 is 15.9. The monoisotopic (exact) mass is 124 g/mol. The van der Waals surface area contributed by atoms with E-state index in [0.29, 0.717) is 6.61 Å². The molecule has 0 rings (SSSR count). The Balaban J connectivity index is 0. The molecule has 1 N–H and O–H groups in total. The van der Waals surface area contributed by atoms with Gasteiger partial charge in [0.05, 0.1) is 0 Å². The predicted octanol–water partition coefficient (Wildman–Crippen LogP) is 0.947. The lowest BCUT2D eigenvalue weighted by atomic mass is 10.8. The summed E-state index contributed by atoms with van der Waals surface area (Å²) in [7, 11) is 1.00. The normalized spacial score (nSPS) is 11.6. The van der Waals surface area contributed by atoms with Gasteiger partial charge in [-0.2, -0.15) is 0 Å². The molecule has 0 amide bonds. The SMILES string of the molecule is CCOC(C)F.CO. The lowest BCUT2D eigenvalue weighted by molar-refractivity contribution is -0.0174. The van der Waals surface area contributed by atoms with Crippen molar-refractivity contribution in [2.24, 2.45) is 0 Å². The van der Waals surface area contributed by atoms with Crippen molar-refractivity contribution >= 4 is 0 Å². The van der Waals surface area contributed by atoms with Gasteiger partial charge in [-0.15, -0.1) is 0 Å². The van der Waals surface area contributed by atoms with Crippen molar-refractivity contribution in [2.75, 3.05) is 13.7 Å². The number of halogens is 1. The maximum absolute atomic E-state index is 11.5. The molecule has 0 aliphatic rings. The second-order valence-electron chi connectivity index (χ2n) is 0.998. The van der Waals surface area contributed by atoms with E-state index >= 15 is 0 Å². The molecule has 0 aromatic carbocycles. The summed E-state index contributed by atoms with van der Waals surface area (Å²) in [5.74, 6) is 0. The number of alkyl halides is 1. The zero-order chi connectivity index (χ0) is 6.99. The highest BCUT2D eigenvalue weighted by Crippen LogP contribution is 1.87. The Kier molecular flexibility index (Phi) is 13.4. The van der Waals surface area contributed by atoms with Crippen LogP contribution in [0.4, 0.5) is 4.39 Å². The Bertz CT molecular complexity index is 31.6. The fourth-order valence-electron chi connectivity index (χ4n) is 0.230. The highest BCUT2D eigenvalue weighted by Gasteiger charge is 1.88. The molecule has 0 saturated carbocycles. The third kappa shape index (κ3) is 16.9. The molecule has 0 saturated heterocycles. The minimum Gasteiger partial charge on any atom is -0.400 e. The molecule has 0 aromatic heterocycles. The van der Waals surface area contributed by atoms with Gasteiger partial charge in [-0.25, -0.2) is 4.39 Å². The Morgan fingerprint density at radius 1 is 1.62 bits per heavy atom. The third-order valence-electron chi connectivity index (χ3n) is 0.396. The third-order valence-corrected chi connectivity index (χ3v) is 0.396.